The molecular weight excluding hydrogens is 270 g/mol. The fourth-order valence-corrected chi connectivity index (χ4v) is 1.58. The number of anilines is 2. The van der Waals surface area contributed by atoms with Gasteiger partial charge in [-0.05, 0) is 38.1 Å². The number of carbonyl (C=O) groups excluding carboxylic acids is 2. The Kier molecular flexibility index (Phi) is 6.80. The number of amides is 2. The average Bonchev–Trinajstić information content (AvgIpc) is 2.47. The molecule has 1 aromatic rings. The maximum Gasteiger partial charge on any atom is 0.411 e. The van der Waals surface area contributed by atoms with Gasteiger partial charge in [0.2, 0.25) is 5.91 Å². The molecule has 0 saturated carbocycles. The number of hydrogen-bond acceptors (Lipinski definition) is 4. The summed E-state index contributed by atoms with van der Waals surface area (Å²) in [5, 5.41) is 8.37. The minimum atomic E-state index is -0.490. The minimum Gasteiger partial charge on any atom is -0.450 e. The quantitative estimate of drug-likeness (QED) is 0.674. The maximum absolute atomic E-state index is 11.7. The van der Waals surface area contributed by atoms with Crippen LogP contribution in [0.1, 0.15) is 13.8 Å². The van der Waals surface area contributed by atoms with Crippen LogP contribution in [0, 0.1) is 0 Å². The Labute approximate surface area is 124 Å². The van der Waals surface area contributed by atoms with Crippen molar-refractivity contribution in [2.24, 2.45) is 0 Å². The number of benzene rings is 1. The van der Waals surface area contributed by atoms with Crippen molar-refractivity contribution in [1.82, 2.24) is 5.32 Å². The van der Waals surface area contributed by atoms with Crippen molar-refractivity contribution in [3.63, 3.8) is 0 Å². The lowest BCUT2D eigenvalue weighted by atomic mass is 10.2. The summed E-state index contributed by atoms with van der Waals surface area (Å²) in [7, 11) is 0. The summed E-state index contributed by atoms with van der Waals surface area (Å²) < 4.78 is 4.78. The highest BCUT2D eigenvalue weighted by Crippen LogP contribution is 2.14. The van der Waals surface area contributed by atoms with Crippen molar-refractivity contribution in [3.8, 4) is 0 Å². The smallest absolute Gasteiger partial charge is 0.411 e. The Bertz CT molecular complexity index is 485. The van der Waals surface area contributed by atoms with Gasteiger partial charge in [0.25, 0.3) is 0 Å². The first-order valence-corrected chi connectivity index (χ1v) is 6.75. The van der Waals surface area contributed by atoms with Crippen LogP contribution in [-0.2, 0) is 9.53 Å². The van der Waals surface area contributed by atoms with Gasteiger partial charge in [-0.15, -0.1) is 6.58 Å². The third-order valence-electron chi connectivity index (χ3n) is 2.60. The van der Waals surface area contributed by atoms with Crippen LogP contribution in [0.2, 0.25) is 0 Å². The second-order valence-electron chi connectivity index (χ2n) is 4.32. The van der Waals surface area contributed by atoms with E-state index in [0.29, 0.717) is 18.8 Å². The summed E-state index contributed by atoms with van der Waals surface area (Å²) in [5.74, 6) is -0.108. The predicted octanol–water partition coefficient (Wildman–Crippen LogP) is 2.36. The van der Waals surface area contributed by atoms with Crippen molar-refractivity contribution >= 4 is 23.4 Å². The SMILES string of the molecule is C=CCNC(=O)C(C)Nc1ccc(NC(=O)OCC)cc1. The first-order chi connectivity index (χ1) is 10.1. The third kappa shape index (κ3) is 5.99. The van der Waals surface area contributed by atoms with Crippen LogP contribution in [0.25, 0.3) is 0 Å². The molecule has 114 valence electrons. The molecule has 1 rings (SSSR count). The standard InChI is InChI=1S/C15H21N3O3/c1-4-10-16-14(19)11(3)17-12-6-8-13(9-7-12)18-15(20)21-5-2/h4,6-9,11,17H,1,5,10H2,2-3H3,(H,16,19)(H,18,20). The zero-order valence-corrected chi connectivity index (χ0v) is 12.3. The zero-order valence-electron chi connectivity index (χ0n) is 12.3. The monoisotopic (exact) mass is 291 g/mol. The Balaban J connectivity index is 2.52. The van der Waals surface area contributed by atoms with Crippen molar-refractivity contribution in [1.29, 1.82) is 0 Å². The van der Waals surface area contributed by atoms with Crippen LogP contribution < -0.4 is 16.0 Å². The van der Waals surface area contributed by atoms with Gasteiger partial charge in [0, 0.05) is 17.9 Å². The molecule has 6 nitrogen and oxygen atoms in total. The van der Waals surface area contributed by atoms with Crippen molar-refractivity contribution in [2.45, 2.75) is 19.9 Å². The Morgan fingerprint density at radius 2 is 1.90 bits per heavy atom. The van der Waals surface area contributed by atoms with Crippen molar-refractivity contribution < 1.29 is 14.3 Å². The molecule has 0 aromatic heterocycles. The highest BCUT2D eigenvalue weighted by Gasteiger charge is 2.11. The van der Waals surface area contributed by atoms with E-state index in [2.05, 4.69) is 22.5 Å². The molecule has 0 aliphatic rings. The van der Waals surface area contributed by atoms with Gasteiger partial charge in [0.05, 0.1) is 6.61 Å². The van der Waals surface area contributed by atoms with Crippen LogP contribution in [-0.4, -0.2) is 31.2 Å². The average molecular weight is 291 g/mol. The van der Waals surface area contributed by atoms with E-state index in [4.69, 9.17) is 4.74 Å². The van der Waals surface area contributed by atoms with E-state index in [1.54, 1.807) is 44.2 Å². The van der Waals surface area contributed by atoms with Crippen LogP contribution in [0.4, 0.5) is 16.2 Å². The molecule has 0 aliphatic carbocycles. The fraction of sp³-hybridized carbons (Fsp3) is 0.333. The molecule has 1 atom stereocenters. The molecule has 0 bridgehead atoms. The summed E-state index contributed by atoms with van der Waals surface area (Å²) in [6, 6.07) is 6.65. The van der Waals surface area contributed by atoms with E-state index in [-0.39, 0.29) is 11.9 Å². The summed E-state index contributed by atoms with van der Waals surface area (Å²) >= 11 is 0. The molecule has 1 aromatic carbocycles. The van der Waals surface area contributed by atoms with Gasteiger partial charge in [-0.25, -0.2) is 4.79 Å². The molecular formula is C15H21N3O3. The van der Waals surface area contributed by atoms with E-state index in [1.165, 1.54) is 0 Å². The molecule has 0 saturated heterocycles. The molecule has 0 radical (unpaired) electrons. The topological polar surface area (TPSA) is 79.5 Å². The van der Waals surface area contributed by atoms with E-state index in [9.17, 15) is 9.59 Å². The van der Waals surface area contributed by atoms with E-state index in [0.717, 1.165) is 5.69 Å². The molecule has 0 spiro atoms. The molecule has 2 amide bonds. The molecule has 21 heavy (non-hydrogen) atoms. The predicted molar refractivity (Wildman–Crippen MR) is 83.4 cm³/mol. The third-order valence-corrected chi connectivity index (χ3v) is 2.60. The number of nitrogens with one attached hydrogen (secondary N) is 3. The number of hydrogen-bond donors (Lipinski definition) is 3. The molecule has 0 aliphatic heterocycles. The Morgan fingerprint density at radius 1 is 1.29 bits per heavy atom. The lowest BCUT2D eigenvalue weighted by Crippen LogP contribution is -2.37. The van der Waals surface area contributed by atoms with Gasteiger partial charge >= 0.3 is 6.09 Å². The molecule has 3 N–H and O–H groups in total. The van der Waals surface area contributed by atoms with Crippen LogP contribution in [0.15, 0.2) is 36.9 Å². The van der Waals surface area contributed by atoms with Gasteiger partial charge in [-0.3, -0.25) is 10.1 Å². The highest BCUT2D eigenvalue weighted by atomic mass is 16.5. The molecule has 0 heterocycles. The Morgan fingerprint density at radius 3 is 2.48 bits per heavy atom. The minimum absolute atomic E-state index is 0.108. The summed E-state index contributed by atoms with van der Waals surface area (Å²) in [6.07, 6.45) is 1.14. The van der Waals surface area contributed by atoms with Gasteiger partial charge < -0.3 is 15.4 Å². The van der Waals surface area contributed by atoms with Crippen molar-refractivity contribution in [3.05, 3.63) is 36.9 Å². The fourth-order valence-electron chi connectivity index (χ4n) is 1.58. The largest absolute Gasteiger partial charge is 0.450 e. The molecule has 6 heteroatoms. The lowest BCUT2D eigenvalue weighted by Gasteiger charge is -2.15. The summed E-state index contributed by atoms with van der Waals surface area (Å²) in [4.78, 5) is 23.0. The van der Waals surface area contributed by atoms with E-state index >= 15 is 0 Å². The number of carbonyl (C=O) groups is 2. The van der Waals surface area contributed by atoms with Gasteiger partial charge in [-0.1, -0.05) is 6.08 Å². The summed E-state index contributed by atoms with van der Waals surface area (Å²) in [5.41, 5.74) is 1.41. The molecule has 0 fully saturated rings. The van der Waals surface area contributed by atoms with Crippen LogP contribution in [0.5, 0.6) is 0 Å². The first kappa shape index (κ1) is 16.6. The van der Waals surface area contributed by atoms with E-state index < -0.39 is 6.09 Å². The normalized spacial score (nSPS) is 11.1. The number of rotatable bonds is 7. The maximum atomic E-state index is 11.7. The van der Waals surface area contributed by atoms with Gasteiger partial charge in [0.1, 0.15) is 6.04 Å². The summed E-state index contributed by atoms with van der Waals surface area (Å²) in [6.45, 7) is 7.81. The second-order valence-corrected chi connectivity index (χ2v) is 4.32. The number of ether oxygens (including phenoxy) is 1. The van der Waals surface area contributed by atoms with Crippen LogP contribution >= 0.6 is 0 Å². The zero-order chi connectivity index (χ0) is 15.7. The molecule has 1 unspecified atom stereocenters. The highest BCUT2D eigenvalue weighted by molar-refractivity contribution is 5.86. The van der Waals surface area contributed by atoms with Gasteiger partial charge in [-0.2, -0.15) is 0 Å². The van der Waals surface area contributed by atoms with Crippen molar-refractivity contribution in [2.75, 3.05) is 23.8 Å². The Hall–Kier alpha value is -2.50. The second kappa shape index (κ2) is 8.63. The first-order valence-electron chi connectivity index (χ1n) is 6.75. The van der Waals surface area contributed by atoms with Gasteiger partial charge in [0.15, 0.2) is 0 Å². The lowest BCUT2D eigenvalue weighted by molar-refractivity contribution is -0.121. The van der Waals surface area contributed by atoms with E-state index in [1.807, 2.05) is 0 Å². The van der Waals surface area contributed by atoms with Crippen LogP contribution in [0.3, 0.4) is 0 Å².